The third-order valence-corrected chi connectivity index (χ3v) is 9.87. The first-order valence-electron chi connectivity index (χ1n) is 16.5. The molecule has 0 aliphatic carbocycles. The highest BCUT2D eigenvalue weighted by Gasteiger charge is 2.21. The van der Waals surface area contributed by atoms with E-state index >= 15 is 0 Å². The van der Waals surface area contributed by atoms with Crippen molar-refractivity contribution in [3.8, 4) is 33.6 Å². The number of nitrogens with zero attached hydrogens (tertiary/aromatic N) is 2. The molecule has 0 saturated carbocycles. The van der Waals surface area contributed by atoms with Crippen molar-refractivity contribution in [1.82, 2.24) is 9.13 Å². The number of hydrogen-bond acceptors (Lipinski definition) is 0. The highest BCUT2D eigenvalue weighted by molar-refractivity contribution is 6.26. The zero-order valence-corrected chi connectivity index (χ0v) is 26.2. The molecular weight excluding hydrogens is 581 g/mol. The van der Waals surface area contributed by atoms with Gasteiger partial charge in [0.2, 0.25) is 0 Å². The summed E-state index contributed by atoms with van der Waals surface area (Å²) in [6.45, 7) is 0. The summed E-state index contributed by atoms with van der Waals surface area (Å²) in [5.74, 6) is 0. The standard InChI is InChI=1S/C46H30N2/c1-2-12-31(13-3-1)33-16-10-17-34(28-33)36-18-11-19-37(30-36)48-42-22-8-6-20-39(42)40-26-27-44-45(46(40)48)41-21-7-9-23-43(41)47(44)38-25-24-32-14-4-5-15-35(32)29-38/h1-30H. The molecule has 0 bridgehead atoms. The first-order valence-corrected chi connectivity index (χ1v) is 16.5. The van der Waals surface area contributed by atoms with Gasteiger partial charge in [-0.3, -0.25) is 0 Å². The minimum atomic E-state index is 1.15. The van der Waals surface area contributed by atoms with Crippen LogP contribution in [0.2, 0.25) is 0 Å². The van der Waals surface area contributed by atoms with Crippen molar-refractivity contribution < 1.29 is 0 Å². The lowest BCUT2D eigenvalue weighted by atomic mass is 9.99. The Kier molecular flexibility index (Phi) is 5.91. The molecule has 0 fully saturated rings. The van der Waals surface area contributed by atoms with E-state index in [1.54, 1.807) is 0 Å². The van der Waals surface area contributed by atoms with Gasteiger partial charge >= 0.3 is 0 Å². The van der Waals surface area contributed by atoms with Crippen LogP contribution in [0.25, 0.3) is 88.0 Å². The van der Waals surface area contributed by atoms with Crippen LogP contribution in [0, 0.1) is 0 Å². The lowest BCUT2D eigenvalue weighted by molar-refractivity contribution is 1.18. The van der Waals surface area contributed by atoms with Crippen molar-refractivity contribution >= 4 is 54.4 Å². The van der Waals surface area contributed by atoms with Crippen molar-refractivity contribution in [2.75, 3.05) is 0 Å². The molecule has 0 atom stereocenters. The predicted octanol–water partition coefficient (Wildman–Crippen LogP) is 12.4. The Bertz CT molecular complexity index is 2830. The summed E-state index contributed by atoms with van der Waals surface area (Å²) in [5, 5.41) is 7.53. The van der Waals surface area contributed by atoms with Crippen LogP contribution in [-0.2, 0) is 0 Å². The number of para-hydroxylation sites is 2. The lowest BCUT2D eigenvalue weighted by Crippen LogP contribution is -1.96. The molecule has 0 N–H and O–H groups in total. The molecule has 2 nitrogen and oxygen atoms in total. The van der Waals surface area contributed by atoms with Crippen molar-refractivity contribution in [3.63, 3.8) is 0 Å². The van der Waals surface area contributed by atoms with Crippen LogP contribution < -0.4 is 0 Å². The van der Waals surface area contributed by atoms with E-state index in [-0.39, 0.29) is 0 Å². The molecule has 2 aromatic heterocycles. The molecule has 10 aromatic rings. The van der Waals surface area contributed by atoms with Gasteiger partial charge in [-0.15, -0.1) is 0 Å². The van der Waals surface area contributed by atoms with Gasteiger partial charge in [-0.05, 0) is 81.6 Å². The number of rotatable bonds is 4. The van der Waals surface area contributed by atoms with E-state index in [2.05, 4.69) is 191 Å². The van der Waals surface area contributed by atoms with Gasteiger partial charge in [0.25, 0.3) is 0 Å². The molecule has 0 amide bonds. The van der Waals surface area contributed by atoms with Gasteiger partial charge in [-0.25, -0.2) is 0 Å². The van der Waals surface area contributed by atoms with Gasteiger partial charge in [0, 0.05) is 32.9 Å². The van der Waals surface area contributed by atoms with Crippen LogP contribution in [0.4, 0.5) is 0 Å². The van der Waals surface area contributed by atoms with E-state index in [1.165, 1.54) is 82.3 Å². The number of aromatic nitrogens is 2. The summed E-state index contributed by atoms with van der Waals surface area (Å²) in [5.41, 5.74) is 12.0. The van der Waals surface area contributed by atoms with E-state index in [1.807, 2.05) is 0 Å². The maximum atomic E-state index is 2.48. The Hall–Kier alpha value is -6.38. The SMILES string of the molecule is c1ccc(-c2cccc(-c3cccc(-n4c5ccccc5c5ccc6c(c7ccccc7n6-c6ccc7ccccc7c6)c54)c3)c2)cc1. The fourth-order valence-electron chi connectivity index (χ4n) is 7.70. The highest BCUT2D eigenvalue weighted by atomic mass is 15.0. The summed E-state index contributed by atoms with van der Waals surface area (Å²) in [7, 11) is 0. The Morgan fingerprint density at radius 3 is 1.73 bits per heavy atom. The van der Waals surface area contributed by atoms with Crippen molar-refractivity contribution in [2.24, 2.45) is 0 Å². The number of hydrogen-bond donors (Lipinski definition) is 0. The average Bonchev–Trinajstić information content (AvgIpc) is 3.68. The van der Waals surface area contributed by atoms with Crippen molar-refractivity contribution in [2.45, 2.75) is 0 Å². The molecule has 0 saturated heterocycles. The lowest BCUT2D eigenvalue weighted by Gasteiger charge is -2.12. The van der Waals surface area contributed by atoms with Gasteiger partial charge < -0.3 is 9.13 Å². The summed E-state index contributed by atoms with van der Waals surface area (Å²) in [6.07, 6.45) is 0. The van der Waals surface area contributed by atoms with E-state index in [0.29, 0.717) is 0 Å². The number of benzene rings is 8. The summed E-state index contributed by atoms with van der Waals surface area (Å²) in [6, 6.07) is 66.2. The van der Waals surface area contributed by atoms with Crippen molar-refractivity contribution in [3.05, 3.63) is 182 Å². The van der Waals surface area contributed by atoms with E-state index in [9.17, 15) is 0 Å². The first-order chi connectivity index (χ1) is 23.8. The minimum Gasteiger partial charge on any atom is -0.309 e. The fourth-order valence-corrected chi connectivity index (χ4v) is 7.70. The van der Waals surface area contributed by atoms with Gasteiger partial charge in [0.15, 0.2) is 0 Å². The summed E-state index contributed by atoms with van der Waals surface area (Å²) in [4.78, 5) is 0. The molecule has 10 rings (SSSR count). The summed E-state index contributed by atoms with van der Waals surface area (Å²) < 4.78 is 4.92. The molecule has 2 heteroatoms. The fraction of sp³-hybridized carbons (Fsp3) is 0. The minimum absolute atomic E-state index is 1.15. The molecule has 48 heavy (non-hydrogen) atoms. The molecular formula is C46H30N2. The Morgan fingerprint density at radius 1 is 0.292 bits per heavy atom. The monoisotopic (exact) mass is 610 g/mol. The van der Waals surface area contributed by atoms with Crippen LogP contribution >= 0.6 is 0 Å². The topological polar surface area (TPSA) is 9.86 Å². The predicted molar refractivity (Wildman–Crippen MR) is 203 cm³/mol. The van der Waals surface area contributed by atoms with Crippen LogP contribution in [0.1, 0.15) is 0 Å². The van der Waals surface area contributed by atoms with Crippen LogP contribution in [0.15, 0.2) is 182 Å². The molecule has 2 heterocycles. The zero-order chi connectivity index (χ0) is 31.6. The second-order valence-electron chi connectivity index (χ2n) is 12.6. The van der Waals surface area contributed by atoms with E-state index in [0.717, 1.165) is 5.69 Å². The largest absolute Gasteiger partial charge is 0.309 e. The van der Waals surface area contributed by atoms with E-state index < -0.39 is 0 Å². The quantitative estimate of drug-likeness (QED) is 0.188. The van der Waals surface area contributed by atoms with Crippen LogP contribution in [-0.4, -0.2) is 9.13 Å². The van der Waals surface area contributed by atoms with Crippen LogP contribution in [0.5, 0.6) is 0 Å². The van der Waals surface area contributed by atoms with Gasteiger partial charge in [-0.1, -0.05) is 133 Å². The molecule has 0 unspecified atom stereocenters. The summed E-state index contributed by atoms with van der Waals surface area (Å²) >= 11 is 0. The maximum Gasteiger partial charge on any atom is 0.0641 e. The third kappa shape index (κ3) is 4.06. The second-order valence-corrected chi connectivity index (χ2v) is 12.6. The van der Waals surface area contributed by atoms with Crippen LogP contribution in [0.3, 0.4) is 0 Å². The third-order valence-electron chi connectivity index (χ3n) is 9.87. The molecule has 0 aliphatic heterocycles. The van der Waals surface area contributed by atoms with Gasteiger partial charge in [-0.2, -0.15) is 0 Å². The molecule has 0 radical (unpaired) electrons. The Labute approximate surface area is 278 Å². The molecule has 224 valence electrons. The Balaban J connectivity index is 1.26. The second kappa shape index (κ2) is 10.6. The maximum absolute atomic E-state index is 2.48. The Morgan fingerprint density at radius 2 is 0.896 bits per heavy atom. The first kappa shape index (κ1) is 26.8. The average molecular weight is 611 g/mol. The van der Waals surface area contributed by atoms with Gasteiger partial charge in [0.05, 0.1) is 22.1 Å². The molecule has 0 spiro atoms. The normalized spacial score (nSPS) is 11.8. The smallest absolute Gasteiger partial charge is 0.0641 e. The van der Waals surface area contributed by atoms with Crippen molar-refractivity contribution in [1.29, 1.82) is 0 Å². The molecule has 0 aliphatic rings. The highest BCUT2D eigenvalue weighted by Crippen LogP contribution is 2.42. The van der Waals surface area contributed by atoms with E-state index in [4.69, 9.17) is 0 Å². The molecule has 8 aromatic carbocycles. The number of fused-ring (bicyclic) bond motifs is 8. The van der Waals surface area contributed by atoms with Gasteiger partial charge in [0.1, 0.15) is 0 Å². The zero-order valence-electron chi connectivity index (χ0n) is 26.2.